The predicted molar refractivity (Wildman–Crippen MR) is 461 cm³/mol. The number of nitrogens with zero attached hydrogens (tertiary/aromatic N) is 2. The van der Waals surface area contributed by atoms with Crippen LogP contribution in [0.1, 0.15) is 201 Å². The molecular weight excluding hydrogens is 1690 g/mol. The van der Waals surface area contributed by atoms with Crippen molar-refractivity contribution >= 4 is 56.3 Å². The van der Waals surface area contributed by atoms with E-state index in [1.165, 1.54) is 52.9 Å². The van der Waals surface area contributed by atoms with Gasteiger partial charge in [0.15, 0.2) is 27.9 Å². The van der Waals surface area contributed by atoms with E-state index < -0.39 is 141 Å². The van der Waals surface area contributed by atoms with Crippen LogP contribution >= 0.6 is 9.03 Å². The van der Waals surface area contributed by atoms with Crippen LogP contribution in [-0.4, -0.2) is 359 Å². The second-order valence-corrected chi connectivity index (χ2v) is 34.8. The maximum atomic E-state index is 14.7. The first-order valence-electron chi connectivity index (χ1n) is 46.0. The van der Waals surface area contributed by atoms with Crippen LogP contribution in [0.25, 0.3) is 0 Å². The Bertz CT molecular complexity index is 2960. The van der Waals surface area contributed by atoms with Crippen LogP contribution < -0.4 is 48.8 Å². The summed E-state index contributed by atoms with van der Waals surface area (Å²) in [6.07, 6.45) is 3.90. The van der Waals surface area contributed by atoms with Gasteiger partial charge < -0.3 is 160 Å². The van der Waals surface area contributed by atoms with Gasteiger partial charge in [0.2, 0.25) is 47.3 Å². The fraction of sp³-hybridized carbons (Fsp3) is 0.882. The van der Waals surface area contributed by atoms with Crippen LogP contribution in [0.5, 0.6) is 0 Å². The van der Waals surface area contributed by atoms with Crippen molar-refractivity contribution in [2.45, 2.75) is 298 Å². The minimum absolute atomic E-state index is 0.0739. The van der Waals surface area contributed by atoms with E-state index in [1.54, 1.807) is 17.0 Å². The van der Waals surface area contributed by atoms with Crippen molar-refractivity contribution < 1.29 is 145 Å². The fourth-order valence-electron chi connectivity index (χ4n) is 16.6. The summed E-state index contributed by atoms with van der Waals surface area (Å²) in [5.74, 6) is 5.39. The quantitative estimate of drug-likeness (QED) is 0.0149. The molecule has 0 aromatic carbocycles. The molecule has 0 aromatic rings. The highest BCUT2D eigenvalue weighted by Gasteiger charge is 2.51. The Balaban J connectivity index is 0.990. The molecule has 19 unspecified atom stereocenters. The zero-order valence-electron chi connectivity index (χ0n) is 75.2. The molecule has 42 heteroatoms. The van der Waals surface area contributed by atoms with Crippen LogP contribution in [0.15, 0.2) is 11.4 Å². The summed E-state index contributed by atoms with van der Waals surface area (Å²) in [5, 5.41) is 113. The zero-order chi connectivity index (χ0) is 92.3. The molecule has 1 saturated carbocycles. The van der Waals surface area contributed by atoms with Crippen molar-refractivity contribution in [2.24, 2.45) is 35.2 Å². The standard InChI is InChI=1S/C85H154N11O30P/c1-56(100)91-72-78(110)75(107)65(50-97)124-82(72)120-39-18-11-7-15-33-88-68(103)29-43-117-53-85(54-118-44-30-69(104)89-34-16-8-12-19-40-121-83-73(92-57(2)101)79(111)76(108)66(51-98)125-83,55-119-45-31-70(105)90-35-17-9-13-20-41-122-84-74(93-58(3)102)80(112)77(109)67(52-99)126-84)94-81(113)59-27-36-95(37-28-59)71(106)32-46-115-48-49-116-47-38-96(87)64-26-24-62-60(61(62)23-25-63(64)86)22-14-6-5-10-21-42-123-127-114-4/h59-62,65-67,72-80,82-84,97-99,107-112,127H,5-55,86-87H2,1-4H3,(H,88,103)(H,89,104)(H,90,105)(H,91,100)(H,92,101)(H,93,102)(H,94,113)/b64-63-. The summed E-state index contributed by atoms with van der Waals surface area (Å²) in [5.41, 5.74) is 7.03. The van der Waals surface area contributed by atoms with E-state index in [0.717, 1.165) is 67.9 Å². The number of allylic oxidation sites excluding steroid dienone is 2. The van der Waals surface area contributed by atoms with Gasteiger partial charge in [-0.2, -0.15) is 0 Å². The van der Waals surface area contributed by atoms with Gasteiger partial charge in [0.05, 0.1) is 105 Å². The average Bonchev–Trinajstić information content (AvgIpc) is 1.62. The maximum Gasteiger partial charge on any atom is 0.224 e. The molecule has 20 N–H and O–H groups in total. The minimum atomic E-state index is -1.46. The molecule has 0 bridgehead atoms. The molecule has 5 fully saturated rings. The van der Waals surface area contributed by atoms with Crippen LogP contribution in [0.4, 0.5) is 0 Å². The largest absolute Gasteiger partial charge is 0.401 e. The Hall–Kier alpha value is -5.39. The maximum absolute atomic E-state index is 14.7. The first-order valence-corrected chi connectivity index (χ1v) is 46.8. The second-order valence-electron chi connectivity index (χ2n) is 33.9. The number of hydrazine groups is 1. The third kappa shape index (κ3) is 41.3. The van der Waals surface area contributed by atoms with Gasteiger partial charge in [0.1, 0.15) is 78.6 Å². The number of fused-ring (bicyclic) bond motifs is 1. The van der Waals surface area contributed by atoms with Crippen molar-refractivity contribution in [1.82, 2.24) is 47.1 Å². The van der Waals surface area contributed by atoms with E-state index >= 15 is 0 Å². The molecule has 734 valence electrons. The molecule has 0 spiro atoms. The van der Waals surface area contributed by atoms with Crippen LogP contribution in [0.3, 0.4) is 0 Å². The summed E-state index contributed by atoms with van der Waals surface area (Å²) in [4.78, 5) is 105. The number of piperidine rings is 1. The Morgan fingerprint density at radius 3 is 1.25 bits per heavy atom. The van der Waals surface area contributed by atoms with Crippen LogP contribution in [0, 0.1) is 23.7 Å². The lowest BCUT2D eigenvalue weighted by Gasteiger charge is -2.42. The van der Waals surface area contributed by atoms with E-state index in [0.29, 0.717) is 129 Å². The molecule has 2 aliphatic carbocycles. The first kappa shape index (κ1) is 110. The topological polar surface area (TPSA) is 581 Å². The zero-order valence-corrected chi connectivity index (χ0v) is 76.2. The van der Waals surface area contributed by atoms with Gasteiger partial charge in [-0.1, -0.05) is 64.2 Å². The first-order chi connectivity index (χ1) is 61.2. The lowest BCUT2D eigenvalue weighted by Crippen LogP contribution is -2.64. The Morgan fingerprint density at radius 2 is 0.843 bits per heavy atom. The van der Waals surface area contributed by atoms with Crippen molar-refractivity contribution in [3.05, 3.63) is 11.4 Å². The Morgan fingerprint density at radius 1 is 0.465 bits per heavy atom. The number of likely N-dealkylation sites (tertiary alicyclic amines) is 1. The fourth-order valence-corrected chi connectivity index (χ4v) is 16.9. The van der Waals surface area contributed by atoms with E-state index in [2.05, 4.69) is 37.2 Å². The van der Waals surface area contributed by atoms with Gasteiger partial charge in [-0.15, -0.1) is 0 Å². The molecule has 127 heavy (non-hydrogen) atoms. The van der Waals surface area contributed by atoms with Gasteiger partial charge in [0.25, 0.3) is 0 Å². The number of amides is 8. The van der Waals surface area contributed by atoms with Gasteiger partial charge in [-0.05, 0) is 108 Å². The smallest absolute Gasteiger partial charge is 0.224 e. The number of aliphatic hydroxyl groups is 9. The van der Waals surface area contributed by atoms with Gasteiger partial charge in [-0.3, -0.25) is 38.4 Å². The van der Waals surface area contributed by atoms with E-state index in [-0.39, 0.29) is 150 Å². The Labute approximate surface area is 749 Å². The van der Waals surface area contributed by atoms with Crippen molar-refractivity contribution in [2.75, 3.05) is 159 Å². The molecule has 8 amide bonds. The monoisotopic (exact) mass is 1840 g/mol. The number of aliphatic hydroxyl groups excluding tert-OH is 9. The molecule has 41 nitrogen and oxygen atoms in total. The molecule has 4 aliphatic heterocycles. The lowest BCUT2D eigenvalue weighted by atomic mass is 9.93. The third-order valence-corrected chi connectivity index (χ3v) is 24.4. The molecule has 4 saturated heterocycles. The SMILES string of the molecule is COPOCCCCCCCC1C2CC/C(N)=C(/N(N)CCOCCOCCC(=O)N3CCC(C(=O)NC(COCCC(=O)NCCCCCCOC4OC(CO)C(O)C(O)C4NC(C)=O)(COCCC(=O)NCCCCCCOC4OC(CO)C(O)C(O)C4NC(C)=O)COCCC(=O)NCCCCCCOC4OC(CO)C(O)C(O)C4NC(C)=O)CC3)CCC12. The number of ether oxygens (including phenoxy) is 11. The van der Waals surface area contributed by atoms with E-state index in [1.807, 2.05) is 0 Å². The molecule has 4 heterocycles. The number of unbranched alkanes of at least 4 members (excludes halogenated alkanes) is 13. The number of carbonyl (C=O) groups is 8. The predicted octanol–water partition coefficient (Wildman–Crippen LogP) is -1.07. The number of hydrogen-bond donors (Lipinski definition) is 18. The number of nitrogens with one attached hydrogen (secondary N) is 7. The number of nitrogens with two attached hydrogens (primary N) is 2. The van der Waals surface area contributed by atoms with E-state index in [4.69, 9.17) is 72.7 Å². The van der Waals surface area contributed by atoms with Crippen LogP contribution in [-0.2, 0) is 99.5 Å². The number of hydrogen-bond acceptors (Lipinski definition) is 33. The molecule has 19 atom stereocenters. The molecule has 6 rings (SSSR count). The van der Waals surface area contributed by atoms with Crippen molar-refractivity contribution in [3.8, 4) is 0 Å². The molecule has 0 radical (unpaired) electrons. The van der Waals surface area contributed by atoms with Gasteiger partial charge in [-0.25, -0.2) is 5.84 Å². The van der Waals surface area contributed by atoms with Gasteiger partial charge >= 0.3 is 0 Å². The van der Waals surface area contributed by atoms with Crippen molar-refractivity contribution in [1.29, 1.82) is 0 Å². The Kier molecular flexibility index (Phi) is 54.7. The van der Waals surface area contributed by atoms with Crippen molar-refractivity contribution in [3.63, 3.8) is 0 Å². The average molecular weight is 1840 g/mol. The molecular formula is C85H154N11O30P. The lowest BCUT2D eigenvalue weighted by molar-refractivity contribution is -0.270. The summed E-state index contributed by atoms with van der Waals surface area (Å²) in [6.45, 7) is 5.43. The summed E-state index contributed by atoms with van der Waals surface area (Å²) >= 11 is 0. The van der Waals surface area contributed by atoms with E-state index in [9.17, 15) is 84.3 Å². The summed E-state index contributed by atoms with van der Waals surface area (Å²) < 4.78 is 75.3. The number of rotatable bonds is 67. The highest BCUT2D eigenvalue weighted by atomic mass is 31.1. The second kappa shape index (κ2) is 62.9. The van der Waals surface area contributed by atoms with Crippen LogP contribution in [0.2, 0.25) is 0 Å². The third-order valence-electron chi connectivity index (χ3n) is 23.9. The highest BCUT2D eigenvalue weighted by Crippen LogP contribution is 2.56. The summed E-state index contributed by atoms with van der Waals surface area (Å²) in [6, 6.07) is -3.19. The highest BCUT2D eigenvalue weighted by molar-refractivity contribution is 7.26. The molecule has 0 aromatic heterocycles. The number of carbonyl (C=O) groups excluding carboxylic acids is 8. The molecule has 6 aliphatic rings. The summed E-state index contributed by atoms with van der Waals surface area (Å²) in [7, 11) is 1.76. The normalized spacial score (nSPS) is 27.4. The minimum Gasteiger partial charge on any atom is -0.401 e. The van der Waals surface area contributed by atoms with Gasteiger partial charge in [0, 0.05) is 117 Å².